The summed E-state index contributed by atoms with van der Waals surface area (Å²) >= 11 is 0. The van der Waals surface area contributed by atoms with Gasteiger partial charge >= 0.3 is 0 Å². The molecule has 0 bridgehead atoms. The first kappa shape index (κ1) is 20.3. The molecule has 0 aromatic heterocycles. The molecule has 1 aromatic rings. The van der Waals surface area contributed by atoms with Crippen molar-refractivity contribution in [3.05, 3.63) is 29.8 Å². The first-order chi connectivity index (χ1) is 13.0. The molecule has 1 N–H and O–H groups in total. The molecule has 2 heterocycles. The zero-order chi connectivity index (χ0) is 19.3. The highest BCUT2D eigenvalue weighted by atomic mass is 32.2. The molecule has 1 aromatic carbocycles. The number of benzene rings is 1. The summed E-state index contributed by atoms with van der Waals surface area (Å²) in [4.78, 5) is 14.9. The molecule has 6 nitrogen and oxygen atoms in total. The van der Waals surface area contributed by atoms with Gasteiger partial charge in [-0.2, -0.15) is 4.31 Å². The lowest BCUT2D eigenvalue weighted by molar-refractivity contribution is 0.0687. The second-order valence-electron chi connectivity index (χ2n) is 7.62. The van der Waals surface area contributed by atoms with Gasteiger partial charge in [-0.3, -0.25) is 4.79 Å². The van der Waals surface area contributed by atoms with Crippen LogP contribution in [-0.4, -0.2) is 63.3 Å². The van der Waals surface area contributed by atoms with Gasteiger partial charge < -0.3 is 10.2 Å². The molecule has 2 saturated heterocycles. The van der Waals surface area contributed by atoms with Crippen LogP contribution in [0.25, 0.3) is 0 Å². The molecule has 3 rings (SSSR count). The van der Waals surface area contributed by atoms with Crippen molar-refractivity contribution in [2.45, 2.75) is 43.4 Å². The molecule has 0 unspecified atom stereocenters. The Morgan fingerprint density at radius 2 is 1.67 bits per heavy atom. The number of piperidine rings is 2. The SMILES string of the molecule is CNCCC1CCN(C(=O)c2ccc(S(=O)(=O)N3CCCCC3)cc2)CC1. The molecule has 0 spiro atoms. The van der Waals surface area contributed by atoms with Gasteiger partial charge in [-0.15, -0.1) is 0 Å². The fourth-order valence-corrected chi connectivity index (χ4v) is 5.50. The Labute approximate surface area is 163 Å². The van der Waals surface area contributed by atoms with Crippen LogP contribution in [0.3, 0.4) is 0 Å². The summed E-state index contributed by atoms with van der Waals surface area (Å²) in [7, 11) is -1.48. The van der Waals surface area contributed by atoms with Crippen LogP contribution in [0.1, 0.15) is 48.9 Å². The summed E-state index contributed by atoms with van der Waals surface area (Å²) in [5.41, 5.74) is 0.571. The fraction of sp³-hybridized carbons (Fsp3) is 0.650. The summed E-state index contributed by atoms with van der Waals surface area (Å²) in [6.45, 7) is 3.75. The van der Waals surface area contributed by atoms with Crippen molar-refractivity contribution in [2.75, 3.05) is 39.8 Å². The van der Waals surface area contributed by atoms with Gasteiger partial charge in [0.15, 0.2) is 0 Å². The van der Waals surface area contributed by atoms with Crippen LogP contribution in [0.15, 0.2) is 29.2 Å². The van der Waals surface area contributed by atoms with Crippen molar-refractivity contribution in [3.63, 3.8) is 0 Å². The lowest BCUT2D eigenvalue weighted by atomic mass is 9.93. The van der Waals surface area contributed by atoms with Crippen LogP contribution in [0.5, 0.6) is 0 Å². The number of hydrogen-bond donors (Lipinski definition) is 1. The molecule has 0 radical (unpaired) electrons. The minimum absolute atomic E-state index is 0.00369. The Kier molecular flexibility index (Phi) is 6.89. The number of hydrogen-bond acceptors (Lipinski definition) is 4. The van der Waals surface area contributed by atoms with Crippen molar-refractivity contribution in [3.8, 4) is 0 Å². The fourth-order valence-electron chi connectivity index (χ4n) is 3.98. The summed E-state index contributed by atoms with van der Waals surface area (Å²) in [5.74, 6) is 0.683. The molecule has 2 aliphatic rings. The van der Waals surface area contributed by atoms with Crippen LogP contribution in [0.2, 0.25) is 0 Å². The monoisotopic (exact) mass is 393 g/mol. The Hall–Kier alpha value is -1.44. The van der Waals surface area contributed by atoms with Crippen LogP contribution in [0, 0.1) is 5.92 Å². The second-order valence-corrected chi connectivity index (χ2v) is 9.55. The highest BCUT2D eigenvalue weighted by Crippen LogP contribution is 2.23. The molecule has 2 aliphatic heterocycles. The molecular formula is C20H31N3O3S. The second kappa shape index (κ2) is 9.17. The number of amides is 1. The quantitative estimate of drug-likeness (QED) is 0.805. The van der Waals surface area contributed by atoms with E-state index < -0.39 is 10.0 Å². The van der Waals surface area contributed by atoms with Gasteiger partial charge in [0.05, 0.1) is 4.90 Å². The topological polar surface area (TPSA) is 69.7 Å². The Balaban J connectivity index is 1.61. The highest BCUT2D eigenvalue weighted by molar-refractivity contribution is 7.89. The molecule has 0 saturated carbocycles. The van der Waals surface area contributed by atoms with Gasteiger partial charge in [0.2, 0.25) is 10.0 Å². The number of rotatable bonds is 6. The predicted octanol–water partition coefficient (Wildman–Crippen LogP) is 2.32. The van der Waals surface area contributed by atoms with E-state index in [4.69, 9.17) is 0 Å². The molecule has 7 heteroatoms. The van der Waals surface area contributed by atoms with Crippen LogP contribution in [0.4, 0.5) is 0 Å². The molecule has 1 amide bonds. The summed E-state index contributed by atoms with van der Waals surface area (Å²) in [6.07, 6.45) is 6.15. The normalized spacial score (nSPS) is 20.0. The van der Waals surface area contributed by atoms with Gasteiger partial charge in [-0.1, -0.05) is 6.42 Å². The van der Waals surface area contributed by atoms with Gasteiger partial charge in [0, 0.05) is 31.7 Å². The highest BCUT2D eigenvalue weighted by Gasteiger charge is 2.27. The van der Waals surface area contributed by atoms with E-state index in [1.807, 2.05) is 11.9 Å². The molecule has 0 atom stereocenters. The maximum absolute atomic E-state index is 12.7. The Bertz CT molecular complexity index is 719. The zero-order valence-electron chi connectivity index (χ0n) is 16.2. The van der Waals surface area contributed by atoms with Gasteiger partial charge in [0.25, 0.3) is 5.91 Å². The Morgan fingerprint density at radius 1 is 1.04 bits per heavy atom. The van der Waals surface area contributed by atoms with Crippen molar-refractivity contribution in [1.82, 2.24) is 14.5 Å². The first-order valence-corrected chi connectivity index (χ1v) is 11.5. The van der Waals surface area contributed by atoms with E-state index in [0.717, 1.165) is 58.2 Å². The van der Waals surface area contributed by atoms with E-state index in [2.05, 4.69) is 5.32 Å². The van der Waals surface area contributed by atoms with Crippen LogP contribution >= 0.6 is 0 Å². The standard InChI is InChI=1S/C20H31N3O3S/c1-21-12-9-17-10-15-22(16-11-17)20(24)18-5-7-19(8-6-18)27(25,26)23-13-3-2-4-14-23/h5-8,17,21H,2-4,9-16H2,1H3. The number of sulfonamides is 1. The summed E-state index contributed by atoms with van der Waals surface area (Å²) in [6, 6.07) is 6.48. The smallest absolute Gasteiger partial charge is 0.253 e. The number of carbonyl (C=O) groups excluding carboxylic acids is 1. The van der Waals surface area contributed by atoms with Crippen LogP contribution < -0.4 is 5.32 Å². The minimum atomic E-state index is -3.44. The lowest BCUT2D eigenvalue weighted by Crippen LogP contribution is -2.39. The number of nitrogens with one attached hydrogen (secondary N) is 1. The van der Waals surface area contributed by atoms with Crippen molar-refractivity contribution in [2.24, 2.45) is 5.92 Å². The van der Waals surface area contributed by atoms with E-state index in [0.29, 0.717) is 24.6 Å². The predicted molar refractivity (Wildman–Crippen MR) is 106 cm³/mol. The number of carbonyl (C=O) groups is 1. The zero-order valence-corrected chi connectivity index (χ0v) is 17.0. The third-order valence-corrected chi connectivity index (χ3v) is 7.67. The molecule has 27 heavy (non-hydrogen) atoms. The average Bonchev–Trinajstić information content (AvgIpc) is 2.73. The van der Waals surface area contributed by atoms with Crippen LogP contribution in [-0.2, 0) is 10.0 Å². The van der Waals surface area contributed by atoms with Gasteiger partial charge in [0.1, 0.15) is 0 Å². The third kappa shape index (κ3) is 4.89. The van der Waals surface area contributed by atoms with Gasteiger partial charge in [-0.25, -0.2) is 8.42 Å². The largest absolute Gasteiger partial charge is 0.339 e. The first-order valence-electron chi connectivity index (χ1n) is 10.1. The Morgan fingerprint density at radius 3 is 2.26 bits per heavy atom. The summed E-state index contributed by atoms with van der Waals surface area (Å²) in [5, 5.41) is 3.18. The average molecular weight is 394 g/mol. The summed E-state index contributed by atoms with van der Waals surface area (Å²) < 4.78 is 27.0. The van der Waals surface area contributed by atoms with E-state index in [9.17, 15) is 13.2 Å². The van der Waals surface area contributed by atoms with E-state index >= 15 is 0 Å². The van der Waals surface area contributed by atoms with Gasteiger partial charge in [-0.05, 0) is 75.9 Å². The maximum atomic E-state index is 12.7. The molecule has 150 valence electrons. The van der Waals surface area contributed by atoms with Crippen molar-refractivity contribution < 1.29 is 13.2 Å². The minimum Gasteiger partial charge on any atom is -0.339 e. The third-order valence-electron chi connectivity index (χ3n) is 5.76. The van der Waals surface area contributed by atoms with E-state index in [1.54, 1.807) is 28.6 Å². The van der Waals surface area contributed by atoms with Crippen molar-refractivity contribution in [1.29, 1.82) is 0 Å². The van der Waals surface area contributed by atoms with E-state index in [-0.39, 0.29) is 10.8 Å². The van der Waals surface area contributed by atoms with Crippen molar-refractivity contribution >= 4 is 15.9 Å². The lowest BCUT2D eigenvalue weighted by Gasteiger charge is -2.32. The molecule has 2 fully saturated rings. The van der Waals surface area contributed by atoms with E-state index in [1.165, 1.54) is 0 Å². The molecule has 0 aliphatic carbocycles. The molecular weight excluding hydrogens is 362 g/mol. The number of nitrogens with zero attached hydrogens (tertiary/aromatic N) is 2. The maximum Gasteiger partial charge on any atom is 0.253 e. The number of likely N-dealkylation sites (tertiary alicyclic amines) is 1.